The second-order valence-electron chi connectivity index (χ2n) is 3.75. The van der Waals surface area contributed by atoms with Gasteiger partial charge in [0.2, 0.25) is 0 Å². The van der Waals surface area contributed by atoms with Gasteiger partial charge in [-0.3, -0.25) is 4.79 Å². The first-order chi connectivity index (χ1) is 6.75. The van der Waals surface area contributed by atoms with Crippen molar-refractivity contribution in [3.05, 3.63) is 35.5 Å². The summed E-state index contributed by atoms with van der Waals surface area (Å²) in [5, 5.41) is 2.87. The zero-order chi connectivity index (χ0) is 9.71. The van der Waals surface area contributed by atoms with Crippen LogP contribution < -0.4 is 5.32 Å². The van der Waals surface area contributed by atoms with Crippen LogP contribution in [-0.2, 0) is 11.3 Å². The Morgan fingerprint density at radius 3 is 3.14 bits per heavy atom. The molecule has 0 unspecified atom stereocenters. The number of carbonyl (C=O) groups is 1. The first-order valence-electron chi connectivity index (χ1n) is 4.61. The molecule has 3 heteroatoms. The van der Waals surface area contributed by atoms with E-state index in [0.717, 1.165) is 23.4 Å². The Morgan fingerprint density at radius 1 is 1.43 bits per heavy atom. The molecule has 0 radical (unpaired) electrons. The molecule has 2 aliphatic rings. The molecule has 1 N–H and O–H groups in total. The second kappa shape index (κ2) is 2.38. The molecule has 0 aromatic heterocycles. The highest BCUT2D eigenvalue weighted by atomic mass is 16.2. The third kappa shape index (κ3) is 0.839. The molecule has 14 heavy (non-hydrogen) atoms. The number of nitrogens with zero attached hydrogens (tertiary/aromatic N) is 1. The molecule has 1 aromatic carbocycles. The van der Waals surface area contributed by atoms with Gasteiger partial charge in [0.1, 0.15) is 0 Å². The third-order valence-corrected chi connectivity index (χ3v) is 2.68. The first-order valence-corrected chi connectivity index (χ1v) is 4.61. The topological polar surface area (TPSA) is 32.3 Å². The highest BCUT2D eigenvalue weighted by Crippen LogP contribution is 2.37. The Morgan fingerprint density at radius 2 is 2.29 bits per heavy atom. The molecule has 0 saturated carbocycles. The van der Waals surface area contributed by atoms with Gasteiger partial charge in [-0.25, -0.2) is 0 Å². The third-order valence-electron chi connectivity index (χ3n) is 2.68. The van der Waals surface area contributed by atoms with Crippen LogP contribution in [0.1, 0.15) is 11.1 Å². The van der Waals surface area contributed by atoms with Gasteiger partial charge in [-0.1, -0.05) is 12.1 Å². The maximum absolute atomic E-state index is 11.6. The van der Waals surface area contributed by atoms with Gasteiger partial charge in [0, 0.05) is 31.0 Å². The van der Waals surface area contributed by atoms with Crippen LogP contribution in [0.3, 0.4) is 0 Å². The number of hydrogen-bond donors (Lipinski definition) is 1. The normalized spacial score (nSPS) is 17.6. The lowest BCUT2D eigenvalue weighted by atomic mass is 9.98. The van der Waals surface area contributed by atoms with Crippen molar-refractivity contribution in [1.82, 2.24) is 4.90 Å². The summed E-state index contributed by atoms with van der Waals surface area (Å²) in [6, 6.07) is 6.00. The van der Waals surface area contributed by atoms with Crippen molar-refractivity contribution in [3.63, 3.8) is 0 Å². The number of anilines is 1. The van der Waals surface area contributed by atoms with E-state index in [1.54, 1.807) is 0 Å². The van der Waals surface area contributed by atoms with Crippen LogP contribution in [-0.4, -0.2) is 17.9 Å². The van der Waals surface area contributed by atoms with Crippen molar-refractivity contribution in [3.8, 4) is 0 Å². The van der Waals surface area contributed by atoms with Gasteiger partial charge in [0.15, 0.2) is 0 Å². The van der Waals surface area contributed by atoms with Gasteiger partial charge >= 0.3 is 0 Å². The predicted octanol–water partition coefficient (Wildman–Crippen LogP) is 1.43. The summed E-state index contributed by atoms with van der Waals surface area (Å²) in [5.41, 5.74) is 4.06. The number of nitrogens with one attached hydrogen (secondary N) is 1. The zero-order valence-corrected chi connectivity index (χ0v) is 7.87. The van der Waals surface area contributed by atoms with Crippen molar-refractivity contribution in [1.29, 1.82) is 0 Å². The molecule has 0 spiro atoms. The number of amides is 1. The molecule has 0 saturated heterocycles. The van der Waals surface area contributed by atoms with Crippen molar-refractivity contribution in [2.45, 2.75) is 6.54 Å². The monoisotopic (exact) mass is 186 g/mol. The molecule has 1 amide bonds. The van der Waals surface area contributed by atoms with Crippen molar-refractivity contribution in [2.24, 2.45) is 0 Å². The predicted molar refractivity (Wildman–Crippen MR) is 54.5 cm³/mol. The smallest absolute Gasteiger partial charge is 0.257 e. The Hall–Kier alpha value is -1.77. The Balaban J connectivity index is 2.31. The average molecular weight is 186 g/mol. The van der Waals surface area contributed by atoms with Gasteiger partial charge in [-0.15, -0.1) is 0 Å². The van der Waals surface area contributed by atoms with Crippen LogP contribution in [0, 0.1) is 0 Å². The van der Waals surface area contributed by atoms with Crippen LogP contribution in [0.15, 0.2) is 24.4 Å². The summed E-state index contributed by atoms with van der Waals surface area (Å²) in [6.45, 7) is 0.877. The Bertz CT molecular complexity index is 462. The summed E-state index contributed by atoms with van der Waals surface area (Å²) in [6.07, 6.45) is 1.91. The highest BCUT2D eigenvalue weighted by molar-refractivity contribution is 6.32. The Kier molecular flexibility index (Phi) is 1.29. The van der Waals surface area contributed by atoms with Gasteiger partial charge in [-0.05, 0) is 11.6 Å². The van der Waals surface area contributed by atoms with E-state index in [2.05, 4.69) is 11.4 Å². The van der Waals surface area contributed by atoms with Crippen LogP contribution >= 0.6 is 0 Å². The van der Waals surface area contributed by atoms with Crippen molar-refractivity contribution >= 4 is 17.2 Å². The molecule has 3 rings (SSSR count). The van der Waals surface area contributed by atoms with Gasteiger partial charge in [0.05, 0.1) is 5.57 Å². The van der Waals surface area contributed by atoms with Crippen LogP contribution in [0.4, 0.5) is 5.69 Å². The summed E-state index contributed by atoms with van der Waals surface area (Å²) in [5.74, 6) is 0.0130. The molecule has 0 fully saturated rings. The fraction of sp³-hybridized carbons (Fsp3) is 0.182. The second-order valence-corrected chi connectivity index (χ2v) is 3.75. The van der Waals surface area contributed by atoms with Gasteiger partial charge in [0.25, 0.3) is 5.91 Å². The first kappa shape index (κ1) is 7.62. The molecule has 0 aliphatic carbocycles. The minimum Gasteiger partial charge on any atom is -0.375 e. The molecule has 3 nitrogen and oxygen atoms in total. The van der Waals surface area contributed by atoms with E-state index in [-0.39, 0.29) is 5.91 Å². The fourth-order valence-electron chi connectivity index (χ4n) is 2.12. The summed E-state index contributed by atoms with van der Waals surface area (Å²) >= 11 is 0. The van der Waals surface area contributed by atoms with E-state index in [1.165, 1.54) is 5.56 Å². The van der Waals surface area contributed by atoms with Crippen LogP contribution in [0.25, 0.3) is 5.57 Å². The summed E-state index contributed by atoms with van der Waals surface area (Å²) < 4.78 is 0. The lowest BCUT2D eigenvalue weighted by Gasteiger charge is -2.21. The lowest BCUT2D eigenvalue weighted by molar-refractivity contribution is -0.110. The summed E-state index contributed by atoms with van der Waals surface area (Å²) in [4.78, 5) is 13.6. The van der Waals surface area contributed by atoms with Gasteiger partial charge < -0.3 is 10.2 Å². The molecule has 0 atom stereocenters. The maximum Gasteiger partial charge on any atom is 0.257 e. The zero-order valence-electron chi connectivity index (χ0n) is 7.87. The molecular formula is C11H10N2O. The molecular weight excluding hydrogens is 176 g/mol. The maximum atomic E-state index is 11.6. The highest BCUT2D eigenvalue weighted by Gasteiger charge is 2.29. The molecule has 2 aliphatic heterocycles. The quantitative estimate of drug-likeness (QED) is 0.664. The van der Waals surface area contributed by atoms with E-state index >= 15 is 0 Å². The van der Waals surface area contributed by atoms with Crippen LogP contribution in [0.2, 0.25) is 0 Å². The molecule has 70 valence electrons. The van der Waals surface area contributed by atoms with Gasteiger partial charge in [-0.2, -0.15) is 0 Å². The number of hydrogen-bond acceptors (Lipinski definition) is 2. The van der Waals surface area contributed by atoms with E-state index in [1.807, 2.05) is 30.3 Å². The molecule has 1 aromatic rings. The average Bonchev–Trinajstić information content (AvgIpc) is 2.45. The molecule has 2 heterocycles. The SMILES string of the molecule is CN1C=C2C(=O)Nc3cccc(c32)C1. The minimum absolute atomic E-state index is 0.0130. The largest absolute Gasteiger partial charge is 0.375 e. The number of carbonyl (C=O) groups excluding carboxylic acids is 1. The van der Waals surface area contributed by atoms with E-state index in [9.17, 15) is 4.79 Å². The molecule has 0 bridgehead atoms. The lowest BCUT2D eigenvalue weighted by Crippen LogP contribution is -2.17. The van der Waals surface area contributed by atoms with Crippen molar-refractivity contribution < 1.29 is 4.79 Å². The van der Waals surface area contributed by atoms with Crippen molar-refractivity contribution in [2.75, 3.05) is 12.4 Å². The minimum atomic E-state index is 0.0130. The number of rotatable bonds is 0. The Labute approximate surface area is 82.0 Å². The standard InChI is InChI=1S/C11H10N2O/c1-13-5-7-3-2-4-9-10(7)8(6-13)11(14)12-9/h2-4,6H,5H2,1H3,(H,12,14). The van der Waals surface area contributed by atoms with Crippen LogP contribution in [0.5, 0.6) is 0 Å². The fourth-order valence-corrected chi connectivity index (χ4v) is 2.12. The van der Waals surface area contributed by atoms with E-state index < -0.39 is 0 Å². The summed E-state index contributed by atoms with van der Waals surface area (Å²) in [7, 11) is 1.98. The van der Waals surface area contributed by atoms with E-state index in [4.69, 9.17) is 0 Å². The van der Waals surface area contributed by atoms with E-state index in [0.29, 0.717) is 0 Å². The number of benzene rings is 1.